The molecule has 20 heteroatoms. The monoisotopic (exact) mass is 896 g/mol. The first-order chi connectivity index (χ1) is 32.5. The average molecular weight is 897 g/mol. The lowest BCUT2D eigenvalue weighted by atomic mass is 9.81. The number of halogens is 1. The predicted molar refractivity (Wildman–Crippen MR) is 254 cm³/mol. The van der Waals surface area contributed by atoms with Crippen LogP contribution in [-0.2, 0) is 0 Å². The molecule has 10 aromatic heterocycles. The Labute approximate surface area is 382 Å². The van der Waals surface area contributed by atoms with Crippen molar-refractivity contribution in [3.05, 3.63) is 128 Å². The van der Waals surface area contributed by atoms with Crippen LogP contribution in [0, 0.1) is 0 Å². The molecule has 0 saturated heterocycles. The summed E-state index contributed by atoms with van der Waals surface area (Å²) in [6.07, 6.45) is 27.4. The van der Waals surface area contributed by atoms with Gasteiger partial charge in [-0.05, 0) is 91.8 Å². The van der Waals surface area contributed by atoms with E-state index in [-0.39, 0.29) is 0 Å². The molecular formula is C46H42BClN16O2. The van der Waals surface area contributed by atoms with Crippen LogP contribution in [0.2, 0.25) is 5.15 Å². The molecule has 0 unspecified atom stereocenters. The number of fused-ring (bicyclic) bond motifs is 6. The van der Waals surface area contributed by atoms with E-state index in [0.29, 0.717) is 46.2 Å². The Kier molecular flexibility index (Phi) is 12.3. The Balaban J connectivity index is 0.000000132. The van der Waals surface area contributed by atoms with E-state index in [0.717, 1.165) is 55.1 Å². The summed E-state index contributed by atoms with van der Waals surface area (Å²) in [6, 6.07) is 19.1. The number of anilines is 4. The van der Waals surface area contributed by atoms with Crippen molar-refractivity contribution in [1.82, 2.24) is 69.4 Å². The molecular weight excluding hydrogens is 855 g/mol. The standard InChI is InChI=1S/C23H20N8.C18H16ClN7.C5H6BNO2/c1-2-4-16(3-1)31-20-14-25-12-9-17(20)18-13-26-23(28-22(18)31)27-21-6-5-19(29-30-21)15-7-10-24-11-8-15;19-15-5-6-16(25-24-15)22-18-21-9-13-12-7-8-20-10-14(12)26(17(13)23-18)11-3-1-2-4-11;8-6(9)5-1-3-7-4-2-5/h5-14,16H,1-4H2,(H,26,27,28,30);5-11H,1-4H2,(H,21,22,23,25);1-4,8-9H. The third kappa shape index (κ3) is 9.04. The molecule has 10 heterocycles. The lowest BCUT2D eigenvalue weighted by molar-refractivity contribution is 0.425. The van der Waals surface area contributed by atoms with Gasteiger partial charge in [-0.25, -0.2) is 9.97 Å². The normalized spacial score (nSPS) is 14.0. The molecule has 18 nitrogen and oxygen atoms in total. The van der Waals surface area contributed by atoms with Crippen molar-refractivity contribution in [3.63, 3.8) is 0 Å². The minimum Gasteiger partial charge on any atom is -0.423 e. The maximum Gasteiger partial charge on any atom is 0.488 e. The molecule has 0 spiro atoms. The van der Waals surface area contributed by atoms with Crippen LogP contribution in [0.4, 0.5) is 23.5 Å². The summed E-state index contributed by atoms with van der Waals surface area (Å²) in [5.41, 5.74) is 6.34. The van der Waals surface area contributed by atoms with E-state index < -0.39 is 7.12 Å². The van der Waals surface area contributed by atoms with Crippen molar-refractivity contribution < 1.29 is 10.0 Å². The van der Waals surface area contributed by atoms with Crippen molar-refractivity contribution >= 4 is 91.6 Å². The highest BCUT2D eigenvalue weighted by Crippen LogP contribution is 2.39. The largest absolute Gasteiger partial charge is 0.488 e. The zero-order valence-electron chi connectivity index (χ0n) is 35.5. The SMILES string of the molecule is Clc1ccc(Nc2ncc3c4ccncc4n(C4CCCC4)c3n2)nn1.OB(O)c1ccncc1.c1cc(-c2ccc(Nc3ncc4c5ccncc5n(C5CCCC5)c4n3)nn2)ccn1. The van der Waals surface area contributed by atoms with Crippen molar-refractivity contribution in [2.75, 3.05) is 10.6 Å². The van der Waals surface area contributed by atoms with E-state index in [1.165, 1.54) is 63.8 Å². The predicted octanol–water partition coefficient (Wildman–Crippen LogP) is 7.73. The smallest absolute Gasteiger partial charge is 0.423 e. The third-order valence-electron chi connectivity index (χ3n) is 11.8. The minimum absolute atomic E-state index is 0.348. The Morgan fingerprint density at radius 3 is 1.45 bits per heavy atom. The van der Waals surface area contributed by atoms with E-state index in [2.05, 4.69) is 70.1 Å². The molecule has 2 saturated carbocycles. The fourth-order valence-corrected chi connectivity index (χ4v) is 8.84. The Bertz CT molecular complexity index is 3220. The molecule has 4 N–H and O–H groups in total. The minimum atomic E-state index is -1.38. The van der Waals surface area contributed by atoms with Crippen LogP contribution in [0.15, 0.2) is 123 Å². The number of hydrogen-bond donors (Lipinski definition) is 4. The van der Waals surface area contributed by atoms with E-state index >= 15 is 0 Å². The van der Waals surface area contributed by atoms with Gasteiger partial charge in [-0.2, -0.15) is 9.97 Å². The van der Waals surface area contributed by atoms with Crippen LogP contribution in [0.1, 0.15) is 63.5 Å². The molecule has 2 aliphatic rings. The zero-order chi connectivity index (χ0) is 44.8. The summed E-state index contributed by atoms with van der Waals surface area (Å²) in [5, 5.41) is 44.6. The van der Waals surface area contributed by atoms with Crippen LogP contribution in [0.5, 0.6) is 0 Å². The number of aromatic nitrogens is 14. The van der Waals surface area contributed by atoms with Gasteiger partial charge in [0, 0.05) is 88.8 Å². The molecule has 0 aromatic carbocycles. The molecule has 0 aliphatic heterocycles. The van der Waals surface area contributed by atoms with Crippen LogP contribution < -0.4 is 16.1 Å². The highest BCUT2D eigenvalue weighted by Gasteiger charge is 2.25. The summed E-state index contributed by atoms with van der Waals surface area (Å²) in [6.45, 7) is 0. The van der Waals surface area contributed by atoms with E-state index in [9.17, 15) is 0 Å². The van der Waals surface area contributed by atoms with Gasteiger partial charge in [0.2, 0.25) is 11.9 Å². The zero-order valence-corrected chi connectivity index (χ0v) is 36.2. The Morgan fingerprint density at radius 1 is 0.515 bits per heavy atom. The fourth-order valence-electron chi connectivity index (χ4n) is 8.74. The number of nitrogens with zero attached hydrogens (tertiary/aromatic N) is 14. The Hall–Kier alpha value is -7.61. The van der Waals surface area contributed by atoms with Gasteiger partial charge in [-0.15, -0.1) is 20.4 Å². The second-order valence-corrected chi connectivity index (χ2v) is 16.3. The summed E-state index contributed by atoms with van der Waals surface area (Å²) in [7, 11) is -1.38. The molecule has 0 amide bonds. The second-order valence-electron chi connectivity index (χ2n) is 15.9. The summed E-state index contributed by atoms with van der Waals surface area (Å²) in [5.74, 6) is 2.15. The van der Waals surface area contributed by atoms with Gasteiger partial charge >= 0.3 is 7.12 Å². The van der Waals surface area contributed by atoms with E-state index in [1.54, 1.807) is 36.7 Å². The number of nitrogens with one attached hydrogen (secondary N) is 2. The van der Waals surface area contributed by atoms with Gasteiger partial charge in [-0.3, -0.25) is 19.9 Å². The number of rotatable bonds is 8. The van der Waals surface area contributed by atoms with Crippen LogP contribution in [0.25, 0.3) is 55.1 Å². The van der Waals surface area contributed by atoms with Gasteiger partial charge < -0.3 is 29.8 Å². The first-order valence-corrected chi connectivity index (χ1v) is 22.1. The molecule has 66 heavy (non-hydrogen) atoms. The second kappa shape index (κ2) is 19.2. The molecule has 2 fully saturated rings. The lowest BCUT2D eigenvalue weighted by Gasteiger charge is -2.14. The van der Waals surface area contributed by atoms with Crippen molar-refractivity contribution in [3.8, 4) is 11.3 Å². The fraction of sp³-hybridized carbons (Fsp3) is 0.217. The third-order valence-corrected chi connectivity index (χ3v) is 12.0. The summed E-state index contributed by atoms with van der Waals surface area (Å²) >= 11 is 5.79. The highest BCUT2D eigenvalue weighted by atomic mass is 35.5. The van der Waals surface area contributed by atoms with Gasteiger partial charge in [0.1, 0.15) is 11.3 Å². The maximum atomic E-state index is 8.55. The quantitative estimate of drug-likeness (QED) is 0.107. The van der Waals surface area contributed by atoms with Crippen molar-refractivity contribution in [2.45, 2.75) is 63.5 Å². The first kappa shape index (κ1) is 42.4. The molecule has 0 radical (unpaired) electrons. The molecule has 0 bridgehead atoms. The summed E-state index contributed by atoms with van der Waals surface area (Å²) < 4.78 is 4.67. The van der Waals surface area contributed by atoms with Gasteiger partial charge in [0.15, 0.2) is 16.8 Å². The van der Waals surface area contributed by atoms with Crippen LogP contribution in [0.3, 0.4) is 0 Å². The first-order valence-electron chi connectivity index (χ1n) is 21.7. The Morgan fingerprint density at radius 2 is 1.00 bits per heavy atom. The van der Waals surface area contributed by atoms with Gasteiger partial charge in [0.05, 0.1) is 29.1 Å². The van der Waals surface area contributed by atoms with E-state index in [4.69, 9.17) is 31.6 Å². The van der Waals surface area contributed by atoms with Crippen LogP contribution in [-0.4, -0.2) is 86.6 Å². The summed E-state index contributed by atoms with van der Waals surface area (Å²) in [4.78, 5) is 35.1. The van der Waals surface area contributed by atoms with Gasteiger partial charge in [-0.1, -0.05) is 37.3 Å². The topological polar surface area (TPSA) is 229 Å². The maximum absolute atomic E-state index is 8.55. The van der Waals surface area contributed by atoms with Gasteiger partial charge in [0.25, 0.3) is 0 Å². The average Bonchev–Trinajstić information content (AvgIpc) is 4.20. The lowest BCUT2D eigenvalue weighted by Crippen LogP contribution is -2.29. The van der Waals surface area contributed by atoms with Crippen LogP contribution >= 0.6 is 11.6 Å². The molecule has 12 rings (SSSR count). The van der Waals surface area contributed by atoms with Crippen molar-refractivity contribution in [1.29, 1.82) is 0 Å². The molecule has 2 aliphatic carbocycles. The highest BCUT2D eigenvalue weighted by molar-refractivity contribution is 6.58. The number of hydrogen-bond acceptors (Lipinski definition) is 16. The van der Waals surface area contributed by atoms with E-state index in [1.807, 2.05) is 73.6 Å². The van der Waals surface area contributed by atoms with Crippen molar-refractivity contribution in [2.24, 2.45) is 0 Å². The molecule has 0 atom stereocenters. The number of pyridine rings is 4. The molecule has 328 valence electrons. The molecule has 10 aromatic rings.